The Morgan fingerprint density at radius 2 is 1.62 bits per heavy atom. The summed E-state index contributed by atoms with van der Waals surface area (Å²) in [5.74, 6) is -1.54. The summed E-state index contributed by atoms with van der Waals surface area (Å²) in [5, 5.41) is 7.67. The van der Waals surface area contributed by atoms with Gasteiger partial charge < -0.3 is 15.4 Å². The van der Waals surface area contributed by atoms with E-state index in [1.54, 1.807) is 48.5 Å². The second-order valence-electron chi connectivity index (χ2n) is 7.83. The Morgan fingerprint density at radius 3 is 2.38 bits per heavy atom. The first-order valence-corrected chi connectivity index (χ1v) is 10.7. The summed E-state index contributed by atoms with van der Waals surface area (Å²) >= 11 is 0. The lowest BCUT2D eigenvalue weighted by molar-refractivity contribution is -0.123. The van der Waals surface area contributed by atoms with Gasteiger partial charge in [0.2, 0.25) is 0 Å². The van der Waals surface area contributed by atoms with E-state index in [9.17, 15) is 19.2 Å². The van der Waals surface area contributed by atoms with Crippen LogP contribution in [0.25, 0.3) is 0 Å². The van der Waals surface area contributed by atoms with E-state index in [-0.39, 0.29) is 23.2 Å². The first-order valence-electron chi connectivity index (χ1n) is 10.7. The van der Waals surface area contributed by atoms with Gasteiger partial charge in [0.1, 0.15) is 0 Å². The number of benzene rings is 2. The summed E-state index contributed by atoms with van der Waals surface area (Å²) < 4.78 is 5.05. The zero-order valence-corrected chi connectivity index (χ0v) is 17.9. The Hall–Kier alpha value is -3.68. The van der Waals surface area contributed by atoms with Crippen LogP contribution in [0, 0.1) is 5.92 Å². The van der Waals surface area contributed by atoms with Crippen molar-refractivity contribution in [2.75, 3.05) is 11.9 Å². The first kappa shape index (κ1) is 23.0. The third-order valence-corrected chi connectivity index (χ3v) is 5.45. The Labute approximate surface area is 186 Å². The maximum atomic E-state index is 12.5. The highest BCUT2D eigenvalue weighted by Gasteiger charge is 2.24. The van der Waals surface area contributed by atoms with Crippen molar-refractivity contribution in [1.82, 2.24) is 10.6 Å². The van der Waals surface area contributed by atoms with Gasteiger partial charge in [-0.25, -0.2) is 9.59 Å². The fourth-order valence-corrected chi connectivity index (χ4v) is 3.66. The highest BCUT2D eigenvalue weighted by Crippen LogP contribution is 2.23. The predicted octanol–water partition coefficient (Wildman–Crippen LogP) is 3.50. The zero-order chi connectivity index (χ0) is 22.9. The van der Waals surface area contributed by atoms with Crippen LogP contribution in [0.1, 0.15) is 53.3 Å². The van der Waals surface area contributed by atoms with Gasteiger partial charge in [-0.3, -0.25) is 14.9 Å². The van der Waals surface area contributed by atoms with Gasteiger partial charge in [-0.05, 0) is 43.0 Å². The molecule has 2 aromatic rings. The van der Waals surface area contributed by atoms with Crippen molar-refractivity contribution in [3.8, 4) is 0 Å². The van der Waals surface area contributed by atoms with Crippen molar-refractivity contribution in [2.24, 2.45) is 5.92 Å². The molecule has 0 aromatic heterocycles. The summed E-state index contributed by atoms with van der Waals surface area (Å²) in [6.07, 6.45) is 4.10. The number of anilines is 1. The zero-order valence-electron chi connectivity index (χ0n) is 17.9. The van der Waals surface area contributed by atoms with Crippen molar-refractivity contribution in [3.63, 3.8) is 0 Å². The number of carbonyl (C=O) groups excluding carboxylic acids is 4. The Morgan fingerprint density at radius 1 is 0.938 bits per heavy atom. The molecule has 0 bridgehead atoms. The smallest absolute Gasteiger partial charge is 0.340 e. The van der Waals surface area contributed by atoms with Gasteiger partial charge in [0.15, 0.2) is 6.61 Å². The van der Waals surface area contributed by atoms with Gasteiger partial charge in [0.25, 0.3) is 11.8 Å². The van der Waals surface area contributed by atoms with E-state index in [1.807, 2.05) is 0 Å². The average molecular weight is 437 g/mol. The molecular formula is C24H27N3O5. The van der Waals surface area contributed by atoms with Gasteiger partial charge in [-0.15, -0.1) is 0 Å². The Kier molecular flexibility index (Phi) is 7.96. The molecule has 1 saturated carbocycles. The standard InChI is InChI=1S/C24H27N3O5/c1-16-9-5-7-13-19(16)26-24(31)27-21(28)15-32-23(30)18-12-6-8-14-20(18)25-22(29)17-10-3-2-4-11-17/h2-4,6,8,10-12,14,16,19H,5,7,9,13,15H2,1H3,(H,25,29)(H2,26,27,28,31). The van der Waals surface area contributed by atoms with Crippen molar-refractivity contribution >= 4 is 29.5 Å². The molecule has 2 atom stereocenters. The van der Waals surface area contributed by atoms with E-state index < -0.39 is 24.5 Å². The number of urea groups is 1. The van der Waals surface area contributed by atoms with Crippen LogP contribution in [0.5, 0.6) is 0 Å². The molecule has 3 rings (SSSR count). The number of ether oxygens (including phenoxy) is 1. The van der Waals surface area contributed by atoms with Crippen LogP contribution in [0.2, 0.25) is 0 Å². The molecule has 0 saturated heterocycles. The number of hydrogen-bond acceptors (Lipinski definition) is 5. The first-order chi connectivity index (χ1) is 15.4. The predicted molar refractivity (Wildman–Crippen MR) is 119 cm³/mol. The summed E-state index contributed by atoms with van der Waals surface area (Å²) in [6.45, 7) is 1.45. The molecule has 0 aliphatic heterocycles. The van der Waals surface area contributed by atoms with Gasteiger partial charge in [0.05, 0.1) is 11.3 Å². The van der Waals surface area contributed by atoms with Gasteiger partial charge >= 0.3 is 12.0 Å². The maximum absolute atomic E-state index is 12.5. The third-order valence-electron chi connectivity index (χ3n) is 5.45. The number of amides is 4. The molecule has 3 N–H and O–H groups in total. The third kappa shape index (κ3) is 6.41. The summed E-state index contributed by atoms with van der Waals surface area (Å²) in [6, 6.07) is 14.3. The molecule has 2 aromatic carbocycles. The minimum Gasteiger partial charge on any atom is -0.452 e. The molecule has 0 spiro atoms. The van der Waals surface area contributed by atoms with Crippen LogP contribution in [0.15, 0.2) is 54.6 Å². The average Bonchev–Trinajstić information content (AvgIpc) is 2.80. The maximum Gasteiger partial charge on any atom is 0.340 e. The second-order valence-corrected chi connectivity index (χ2v) is 7.83. The molecule has 4 amide bonds. The minimum atomic E-state index is -0.787. The topological polar surface area (TPSA) is 114 Å². The highest BCUT2D eigenvalue weighted by molar-refractivity contribution is 6.08. The number of esters is 1. The molecule has 1 fully saturated rings. The SMILES string of the molecule is CC1CCCCC1NC(=O)NC(=O)COC(=O)c1ccccc1NC(=O)c1ccccc1. The molecule has 2 unspecified atom stereocenters. The van der Waals surface area contributed by atoms with Gasteiger partial charge in [0, 0.05) is 11.6 Å². The summed E-state index contributed by atoms with van der Waals surface area (Å²) in [4.78, 5) is 49.0. The largest absolute Gasteiger partial charge is 0.452 e. The number of imide groups is 1. The van der Waals surface area contributed by atoms with E-state index >= 15 is 0 Å². The van der Waals surface area contributed by atoms with Crippen molar-refractivity contribution in [1.29, 1.82) is 0 Å². The van der Waals surface area contributed by atoms with E-state index in [2.05, 4.69) is 22.9 Å². The lowest BCUT2D eigenvalue weighted by atomic mass is 9.86. The fraction of sp³-hybridized carbons (Fsp3) is 0.333. The number of rotatable bonds is 6. The highest BCUT2D eigenvalue weighted by atomic mass is 16.5. The molecule has 0 heterocycles. The monoisotopic (exact) mass is 437 g/mol. The van der Waals surface area contributed by atoms with Crippen LogP contribution in [0.4, 0.5) is 10.5 Å². The second kappa shape index (κ2) is 11.1. The Bertz CT molecular complexity index is 977. The molecular weight excluding hydrogens is 410 g/mol. The number of hydrogen-bond donors (Lipinski definition) is 3. The van der Waals surface area contributed by atoms with E-state index in [0.717, 1.165) is 25.7 Å². The molecule has 0 radical (unpaired) electrons. The van der Waals surface area contributed by atoms with E-state index in [1.165, 1.54) is 6.07 Å². The Balaban J connectivity index is 1.52. The summed E-state index contributed by atoms with van der Waals surface area (Å²) in [5.41, 5.74) is 0.800. The number of para-hydroxylation sites is 1. The number of nitrogens with one attached hydrogen (secondary N) is 3. The van der Waals surface area contributed by atoms with Gasteiger partial charge in [-0.1, -0.05) is 50.1 Å². The molecule has 1 aliphatic rings. The van der Waals surface area contributed by atoms with Crippen LogP contribution in [0.3, 0.4) is 0 Å². The van der Waals surface area contributed by atoms with Crippen molar-refractivity contribution in [3.05, 3.63) is 65.7 Å². The lowest BCUT2D eigenvalue weighted by Gasteiger charge is -2.29. The quantitative estimate of drug-likeness (QED) is 0.599. The lowest BCUT2D eigenvalue weighted by Crippen LogP contribution is -2.48. The number of carbonyl (C=O) groups is 4. The van der Waals surface area contributed by atoms with Crippen LogP contribution >= 0.6 is 0 Å². The van der Waals surface area contributed by atoms with E-state index in [0.29, 0.717) is 11.5 Å². The molecule has 32 heavy (non-hydrogen) atoms. The van der Waals surface area contributed by atoms with Crippen LogP contribution in [-0.4, -0.2) is 36.5 Å². The fourth-order valence-electron chi connectivity index (χ4n) is 3.66. The van der Waals surface area contributed by atoms with Crippen molar-refractivity contribution < 1.29 is 23.9 Å². The molecule has 8 nitrogen and oxygen atoms in total. The van der Waals surface area contributed by atoms with Crippen LogP contribution < -0.4 is 16.0 Å². The van der Waals surface area contributed by atoms with Gasteiger partial charge in [-0.2, -0.15) is 0 Å². The van der Waals surface area contributed by atoms with Crippen LogP contribution in [-0.2, 0) is 9.53 Å². The molecule has 168 valence electrons. The summed E-state index contributed by atoms with van der Waals surface area (Å²) in [7, 11) is 0. The molecule has 1 aliphatic carbocycles. The normalized spacial score (nSPS) is 17.7. The van der Waals surface area contributed by atoms with E-state index in [4.69, 9.17) is 4.74 Å². The van der Waals surface area contributed by atoms with Crippen molar-refractivity contribution in [2.45, 2.75) is 38.6 Å². The molecule has 8 heteroatoms. The minimum absolute atomic E-state index is 0.0270.